The second-order valence-corrected chi connectivity index (χ2v) is 8.20. The minimum atomic E-state index is -0.645. The average Bonchev–Trinajstić information content (AvgIpc) is 2.76. The van der Waals surface area contributed by atoms with Crippen molar-refractivity contribution in [3.05, 3.63) is 23.3 Å². The van der Waals surface area contributed by atoms with E-state index < -0.39 is 5.60 Å². The molecule has 0 heterocycles. The van der Waals surface area contributed by atoms with E-state index in [2.05, 4.69) is 39.8 Å². The van der Waals surface area contributed by atoms with E-state index in [1.807, 2.05) is 6.92 Å². The number of hydrogen-bond donors (Lipinski definition) is 2. The van der Waals surface area contributed by atoms with Gasteiger partial charge in [-0.1, -0.05) is 30.2 Å². The van der Waals surface area contributed by atoms with Crippen LogP contribution in [-0.2, 0) is 0 Å². The van der Waals surface area contributed by atoms with Crippen LogP contribution >= 0.6 is 0 Å². The smallest absolute Gasteiger partial charge is 0.0657 e. The molecular formula is C20H34O2. The summed E-state index contributed by atoms with van der Waals surface area (Å²) in [7, 11) is 0. The van der Waals surface area contributed by atoms with Crippen molar-refractivity contribution in [1.29, 1.82) is 0 Å². The summed E-state index contributed by atoms with van der Waals surface area (Å²) in [6, 6.07) is 0. The van der Waals surface area contributed by atoms with Crippen LogP contribution in [0, 0.1) is 23.7 Å². The Labute approximate surface area is 136 Å². The summed E-state index contributed by atoms with van der Waals surface area (Å²) >= 11 is 0. The number of hydrogen-bond acceptors (Lipinski definition) is 2. The third kappa shape index (κ3) is 3.65. The Hall–Kier alpha value is -0.600. The topological polar surface area (TPSA) is 40.5 Å². The molecule has 0 amide bonds. The molecule has 2 aliphatic rings. The number of aliphatic hydroxyl groups excluding tert-OH is 1. The van der Waals surface area contributed by atoms with Crippen LogP contribution in [0.25, 0.3) is 0 Å². The van der Waals surface area contributed by atoms with Crippen molar-refractivity contribution in [1.82, 2.24) is 0 Å². The third-order valence-electron chi connectivity index (χ3n) is 6.15. The summed E-state index contributed by atoms with van der Waals surface area (Å²) in [5.41, 5.74) is 2.00. The highest BCUT2D eigenvalue weighted by Gasteiger charge is 2.49. The fourth-order valence-corrected chi connectivity index (χ4v) is 4.61. The van der Waals surface area contributed by atoms with Gasteiger partial charge in [0.1, 0.15) is 0 Å². The molecule has 0 aromatic rings. The highest BCUT2D eigenvalue weighted by atomic mass is 16.3. The Morgan fingerprint density at radius 1 is 1.45 bits per heavy atom. The maximum absolute atomic E-state index is 11.0. The maximum atomic E-state index is 11.0. The van der Waals surface area contributed by atoms with Gasteiger partial charge in [0, 0.05) is 5.92 Å². The van der Waals surface area contributed by atoms with E-state index >= 15 is 0 Å². The van der Waals surface area contributed by atoms with Crippen molar-refractivity contribution >= 4 is 0 Å². The summed E-state index contributed by atoms with van der Waals surface area (Å²) in [5.74, 6) is 1.13. The zero-order chi connectivity index (χ0) is 16.5. The van der Waals surface area contributed by atoms with Gasteiger partial charge in [-0.2, -0.15) is 0 Å². The zero-order valence-electron chi connectivity index (χ0n) is 15.0. The van der Waals surface area contributed by atoms with E-state index in [0.717, 1.165) is 32.1 Å². The van der Waals surface area contributed by atoms with Crippen LogP contribution in [0.15, 0.2) is 23.3 Å². The molecule has 2 nitrogen and oxygen atoms in total. The van der Waals surface area contributed by atoms with Gasteiger partial charge in [0.25, 0.3) is 0 Å². The van der Waals surface area contributed by atoms with Crippen LogP contribution in [0.4, 0.5) is 0 Å². The first kappa shape index (κ1) is 17.7. The molecule has 0 aromatic carbocycles. The molecule has 2 N–H and O–H groups in total. The molecule has 1 unspecified atom stereocenters. The van der Waals surface area contributed by atoms with Crippen LogP contribution < -0.4 is 0 Å². The first-order valence-corrected chi connectivity index (χ1v) is 8.94. The monoisotopic (exact) mass is 306 g/mol. The van der Waals surface area contributed by atoms with Crippen molar-refractivity contribution in [2.24, 2.45) is 23.7 Å². The molecule has 126 valence electrons. The first-order chi connectivity index (χ1) is 10.2. The molecule has 2 heteroatoms. The summed E-state index contributed by atoms with van der Waals surface area (Å²) in [4.78, 5) is 0. The highest BCUT2D eigenvalue weighted by molar-refractivity contribution is 5.19. The largest absolute Gasteiger partial charge is 0.392 e. The average molecular weight is 306 g/mol. The van der Waals surface area contributed by atoms with Crippen LogP contribution in [-0.4, -0.2) is 21.9 Å². The van der Waals surface area contributed by atoms with Gasteiger partial charge in [-0.15, -0.1) is 0 Å². The molecule has 0 aliphatic heterocycles. The van der Waals surface area contributed by atoms with Crippen molar-refractivity contribution in [3.8, 4) is 0 Å². The number of aliphatic hydroxyl groups is 2. The van der Waals surface area contributed by atoms with Crippen molar-refractivity contribution in [3.63, 3.8) is 0 Å². The molecule has 2 rings (SSSR count). The van der Waals surface area contributed by atoms with E-state index in [4.69, 9.17) is 0 Å². The van der Waals surface area contributed by atoms with Gasteiger partial charge in [-0.3, -0.25) is 0 Å². The summed E-state index contributed by atoms with van der Waals surface area (Å²) in [6.07, 6.45) is 9.08. The van der Waals surface area contributed by atoms with Crippen LogP contribution in [0.5, 0.6) is 0 Å². The Morgan fingerprint density at radius 3 is 2.77 bits per heavy atom. The molecule has 0 spiro atoms. The molecule has 0 saturated heterocycles. The lowest BCUT2D eigenvalue weighted by molar-refractivity contribution is -0.0344. The first-order valence-electron chi connectivity index (χ1n) is 8.94. The fourth-order valence-electron chi connectivity index (χ4n) is 4.61. The molecule has 22 heavy (non-hydrogen) atoms. The lowest BCUT2D eigenvalue weighted by atomic mass is 9.74. The van der Waals surface area contributed by atoms with Gasteiger partial charge < -0.3 is 10.2 Å². The fraction of sp³-hybridized carbons (Fsp3) is 0.800. The summed E-state index contributed by atoms with van der Waals surface area (Å²) < 4.78 is 0. The van der Waals surface area contributed by atoms with Gasteiger partial charge in [0.15, 0.2) is 0 Å². The van der Waals surface area contributed by atoms with E-state index in [0.29, 0.717) is 11.8 Å². The normalized spacial score (nSPS) is 39.7. The molecule has 6 atom stereocenters. The van der Waals surface area contributed by atoms with E-state index in [-0.39, 0.29) is 17.9 Å². The Kier molecular flexibility index (Phi) is 5.55. The van der Waals surface area contributed by atoms with Gasteiger partial charge in [0.2, 0.25) is 0 Å². The molecule has 1 saturated carbocycles. The van der Waals surface area contributed by atoms with Gasteiger partial charge in [0.05, 0.1) is 11.7 Å². The lowest BCUT2D eigenvalue weighted by Gasteiger charge is -2.35. The minimum Gasteiger partial charge on any atom is -0.392 e. The highest BCUT2D eigenvalue weighted by Crippen LogP contribution is 2.49. The molecule has 0 bridgehead atoms. The number of rotatable bonds is 4. The predicted octanol–water partition coefficient (Wildman–Crippen LogP) is 4.47. The van der Waals surface area contributed by atoms with E-state index in [9.17, 15) is 10.2 Å². The second-order valence-electron chi connectivity index (χ2n) is 8.20. The van der Waals surface area contributed by atoms with E-state index in [1.54, 1.807) is 0 Å². The standard InChI is InChI=1S/C20H34O2/c1-13(2)7-6-8-14(3)16-11-12-20(5,22)17-10-9-15(4)18(17)19(16)21/h7,9,14,16-19,21-22H,6,8,10-12H2,1-5H3/t14-,16+,17-,18?,19-,20+/m1/s1. The van der Waals surface area contributed by atoms with Crippen LogP contribution in [0.3, 0.4) is 0 Å². The number of allylic oxidation sites excluding steroid dienone is 3. The van der Waals surface area contributed by atoms with Crippen LogP contribution in [0.1, 0.15) is 66.7 Å². The molecular weight excluding hydrogens is 272 g/mol. The van der Waals surface area contributed by atoms with Crippen molar-refractivity contribution in [2.75, 3.05) is 0 Å². The molecule has 0 radical (unpaired) electrons. The number of fused-ring (bicyclic) bond motifs is 1. The maximum Gasteiger partial charge on any atom is 0.0657 e. The van der Waals surface area contributed by atoms with E-state index in [1.165, 1.54) is 11.1 Å². The van der Waals surface area contributed by atoms with Gasteiger partial charge >= 0.3 is 0 Å². The minimum absolute atomic E-state index is 0.147. The predicted molar refractivity (Wildman–Crippen MR) is 92.5 cm³/mol. The molecule has 0 aromatic heterocycles. The SMILES string of the molecule is CC(C)=CCC[C@@H](C)[C@@H]1CC[C@](C)(O)[C@@H]2CC=C(C)C2[C@@H]1O. The Balaban J connectivity index is 2.12. The summed E-state index contributed by atoms with van der Waals surface area (Å²) in [6.45, 7) is 10.6. The van der Waals surface area contributed by atoms with Crippen molar-refractivity contribution in [2.45, 2.75) is 78.4 Å². The zero-order valence-corrected chi connectivity index (χ0v) is 15.0. The summed E-state index contributed by atoms with van der Waals surface area (Å²) in [5, 5.41) is 21.9. The van der Waals surface area contributed by atoms with Crippen LogP contribution in [0.2, 0.25) is 0 Å². The van der Waals surface area contributed by atoms with Crippen molar-refractivity contribution < 1.29 is 10.2 Å². The molecule has 2 aliphatic carbocycles. The van der Waals surface area contributed by atoms with Gasteiger partial charge in [-0.25, -0.2) is 0 Å². The molecule has 1 fully saturated rings. The Morgan fingerprint density at radius 2 is 2.14 bits per heavy atom. The third-order valence-corrected chi connectivity index (χ3v) is 6.15. The Bertz CT molecular complexity index is 443. The van der Waals surface area contributed by atoms with Gasteiger partial charge in [-0.05, 0) is 77.6 Å². The quantitative estimate of drug-likeness (QED) is 0.752. The lowest BCUT2D eigenvalue weighted by Crippen LogP contribution is -2.40. The second kappa shape index (κ2) is 6.88.